The SMILES string of the molecule is CCCCNc1ncc(C(=O)NCCCN2CCOCC2)c(NC2CCC(O)CC2)n1.CCCCNc1ncc(C(=O)NCCCN2CCOCC2)c(NCCCC)n1. The predicted octanol–water partition coefficient (Wildman–Crippen LogP) is 4.21. The van der Waals surface area contributed by atoms with Crippen molar-refractivity contribution in [3.63, 3.8) is 0 Å². The van der Waals surface area contributed by atoms with Gasteiger partial charge in [0.2, 0.25) is 11.9 Å². The first-order valence-corrected chi connectivity index (χ1v) is 22.5. The highest BCUT2D eigenvalue weighted by atomic mass is 16.5. The Morgan fingerprint density at radius 2 is 1.07 bits per heavy atom. The zero-order valence-corrected chi connectivity index (χ0v) is 36.2. The number of aliphatic hydroxyl groups excluding tert-OH is 1. The van der Waals surface area contributed by atoms with E-state index < -0.39 is 0 Å². The van der Waals surface area contributed by atoms with Crippen molar-refractivity contribution in [1.29, 1.82) is 0 Å². The summed E-state index contributed by atoms with van der Waals surface area (Å²) in [5, 5.41) is 29.0. The van der Waals surface area contributed by atoms with Crippen LogP contribution in [-0.2, 0) is 9.47 Å². The number of carbonyl (C=O) groups excluding carboxylic acids is 2. The third-order valence-electron chi connectivity index (χ3n) is 10.6. The van der Waals surface area contributed by atoms with Crippen molar-refractivity contribution in [1.82, 2.24) is 40.4 Å². The van der Waals surface area contributed by atoms with Crippen molar-refractivity contribution in [3.05, 3.63) is 23.5 Å². The number of aromatic nitrogens is 4. The van der Waals surface area contributed by atoms with E-state index in [0.717, 1.165) is 162 Å². The molecular weight excluding hydrogens is 753 g/mol. The van der Waals surface area contributed by atoms with Crippen LogP contribution in [-0.4, -0.2) is 157 Å². The number of nitrogens with one attached hydrogen (secondary N) is 6. The van der Waals surface area contributed by atoms with Crippen LogP contribution in [0.1, 0.15) is 119 Å². The molecule has 0 atom stereocenters. The van der Waals surface area contributed by atoms with Gasteiger partial charge in [0, 0.05) is 77.3 Å². The summed E-state index contributed by atoms with van der Waals surface area (Å²) in [6, 6.07) is 0.203. The highest BCUT2D eigenvalue weighted by Gasteiger charge is 2.23. The van der Waals surface area contributed by atoms with Gasteiger partial charge < -0.3 is 46.5 Å². The molecule has 1 aliphatic carbocycles. The van der Waals surface area contributed by atoms with E-state index in [9.17, 15) is 14.7 Å². The summed E-state index contributed by atoms with van der Waals surface area (Å²) in [5.41, 5.74) is 0.974. The number of rotatable bonds is 24. The second-order valence-electron chi connectivity index (χ2n) is 15.5. The maximum atomic E-state index is 12.9. The molecule has 0 unspecified atom stereocenters. The standard InChI is InChI=1S/C22H38N6O3.C20H36N6O2/c1-2-3-9-24-22-25-16-19(20(27-22)26-17-5-7-18(29)8-6-17)21(30)23-10-4-11-28-12-14-31-15-13-28;1-3-5-8-21-18-17(16-24-20(25-18)23-9-6-4-2)19(27)22-10-7-11-26-12-14-28-15-13-26/h16-18,29H,2-15H2,1H3,(H,23,30)(H2,24,25,26,27);16H,3-15H2,1-2H3,(H,22,27)(H2,21,23,24,25). The third-order valence-corrected chi connectivity index (χ3v) is 10.6. The molecule has 7 N–H and O–H groups in total. The molecule has 3 fully saturated rings. The van der Waals surface area contributed by atoms with Crippen LogP contribution in [0, 0.1) is 0 Å². The molecule has 3 aliphatic rings. The molecule has 17 heteroatoms. The largest absolute Gasteiger partial charge is 0.393 e. The number of nitrogens with zero attached hydrogens (tertiary/aromatic N) is 6. The van der Waals surface area contributed by atoms with Gasteiger partial charge >= 0.3 is 0 Å². The Balaban J connectivity index is 0.000000262. The lowest BCUT2D eigenvalue weighted by Gasteiger charge is -2.27. The Bertz CT molecular complexity index is 1470. The summed E-state index contributed by atoms with van der Waals surface area (Å²) < 4.78 is 10.7. The monoisotopic (exact) mass is 827 g/mol. The van der Waals surface area contributed by atoms with Crippen LogP contribution >= 0.6 is 0 Å². The van der Waals surface area contributed by atoms with Crippen LogP contribution in [0.5, 0.6) is 0 Å². The van der Waals surface area contributed by atoms with Crippen LogP contribution in [0.2, 0.25) is 0 Å². The van der Waals surface area contributed by atoms with Crippen LogP contribution in [0.4, 0.5) is 23.5 Å². The fourth-order valence-electron chi connectivity index (χ4n) is 6.91. The van der Waals surface area contributed by atoms with E-state index in [0.29, 0.717) is 47.7 Å². The maximum absolute atomic E-state index is 12.9. The summed E-state index contributed by atoms with van der Waals surface area (Å²) in [4.78, 5) is 48.0. The lowest BCUT2D eigenvalue weighted by atomic mass is 9.93. The van der Waals surface area contributed by atoms with E-state index >= 15 is 0 Å². The highest BCUT2D eigenvalue weighted by Crippen LogP contribution is 2.24. The zero-order valence-electron chi connectivity index (χ0n) is 36.2. The van der Waals surface area contributed by atoms with Gasteiger partial charge in [0.1, 0.15) is 22.8 Å². The minimum absolute atomic E-state index is 0.124. The first kappa shape index (κ1) is 47.8. The van der Waals surface area contributed by atoms with Gasteiger partial charge in [-0.25, -0.2) is 9.97 Å². The number of amides is 2. The Hall–Kier alpha value is -3.90. The summed E-state index contributed by atoms with van der Waals surface area (Å²) in [5.74, 6) is 2.00. The molecule has 4 heterocycles. The van der Waals surface area contributed by atoms with Gasteiger partial charge in [0.25, 0.3) is 11.8 Å². The molecular formula is C42H74N12O5. The maximum Gasteiger partial charge on any atom is 0.256 e. The summed E-state index contributed by atoms with van der Waals surface area (Å²) in [6.45, 7) is 19.1. The number of unbranched alkanes of at least 4 members (excludes halogenated alkanes) is 3. The van der Waals surface area contributed by atoms with E-state index in [1.54, 1.807) is 12.4 Å². The molecule has 59 heavy (non-hydrogen) atoms. The number of hydrogen-bond donors (Lipinski definition) is 7. The second-order valence-corrected chi connectivity index (χ2v) is 15.5. The fourth-order valence-corrected chi connectivity index (χ4v) is 6.91. The number of morpholine rings is 2. The van der Waals surface area contributed by atoms with E-state index in [1.165, 1.54) is 0 Å². The number of carbonyl (C=O) groups is 2. The van der Waals surface area contributed by atoms with Gasteiger partial charge in [-0.2, -0.15) is 9.97 Å². The molecule has 1 saturated carbocycles. The van der Waals surface area contributed by atoms with Gasteiger partial charge in [0.05, 0.1) is 32.5 Å². The normalized spacial score (nSPS) is 18.6. The van der Waals surface area contributed by atoms with Crippen LogP contribution in [0.15, 0.2) is 12.4 Å². The van der Waals surface area contributed by atoms with E-state index in [4.69, 9.17) is 9.47 Å². The van der Waals surface area contributed by atoms with Crippen molar-refractivity contribution in [2.75, 3.05) is 120 Å². The minimum Gasteiger partial charge on any atom is -0.393 e. The minimum atomic E-state index is -0.219. The molecule has 2 amide bonds. The topological polar surface area (TPSA) is 203 Å². The first-order chi connectivity index (χ1) is 28.9. The average molecular weight is 827 g/mol. The van der Waals surface area contributed by atoms with Crippen LogP contribution in [0.3, 0.4) is 0 Å². The molecule has 2 saturated heterocycles. The Labute approximate surface area is 352 Å². The first-order valence-electron chi connectivity index (χ1n) is 22.5. The smallest absolute Gasteiger partial charge is 0.256 e. The Morgan fingerprint density at radius 3 is 1.54 bits per heavy atom. The van der Waals surface area contributed by atoms with E-state index in [-0.39, 0.29) is 24.0 Å². The number of anilines is 4. The molecule has 2 aromatic rings. The summed E-state index contributed by atoms with van der Waals surface area (Å²) in [6.07, 6.45) is 14.5. The molecule has 0 bridgehead atoms. The summed E-state index contributed by atoms with van der Waals surface area (Å²) in [7, 11) is 0. The lowest BCUT2D eigenvalue weighted by molar-refractivity contribution is 0.0373. The number of aliphatic hydroxyl groups is 1. The number of ether oxygens (including phenoxy) is 2. The van der Waals surface area contributed by atoms with Crippen LogP contribution in [0.25, 0.3) is 0 Å². The third kappa shape index (κ3) is 18.5. The van der Waals surface area contributed by atoms with E-state index in [1.807, 2.05) is 0 Å². The fraction of sp³-hybridized carbons (Fsp3) is 0.762. The molecule has 17 nitrogen and oxygen atoms in total. The second kappa shape index (κ2) is 28.5. The molecule has 5 rings (SSSR count). The molecule has 0 aromatic carbocycles. The van der Waals surface area contributed by atoms with Crippen LogP contribution < -0.4 is 31.9 Å². The zero-order chi connectivity index (χ0) is 41.9. The van der Waals surface area contributed by atoms with Crippen molar-refractivity contribution < 1.29 is 24.2 Å². The molecule has 0 spiro atoms. The van der Waals surface area contributed by atoms with Gasteiger partial charge in [-0.15, -0.1) is 0 Å². The van der Waals surface area contributed by atoms with Crippen molar-refractivity contribution in [2.24, 2.45) is 0 Å². The summed E-state index contributed by atoms with van der Waals surface area (Å²) >= 11 is 0. The van der Waals surface area contributed by atoms with E-state index in [2.05, 4.69) is 82.4 Å². The van der Waals surface area contributed by atoms with Crippen molar-refractivity contribution >= 4 is 35.3 Å². The Morgan fingerprint density at radius 1 is 0.627 bits per heavy atom. The number of hydrogen-bond acceptors (Lipinski definition) is 15. The molecule has 2 aromatic heterocycles. The lowest BCUT2D eigenvalue weighted by Crippen LogP contribution is -2.38. The van der Waals surface area contributed by atoms with Gasteiger partial charge in [-0.1, -0.05) is 40.0 Å². The van der Waals surface area contributed by atoms with Crippen molar-refractivity contribution in [3.8, 4) is 0 Å². The quantitative estimate of drug-likeness (QED) is 0.0742. The molecule has 332 valence electrons. The highest BCUT2D eigenvalue weighted by molar-refractivity contribution is 5.99. The van der Waals surface area contributed by atoms with Gasteiger partial charge in [-0.3, -0.25) is 19.4 Å². The molecule has 0 radical (unpaired) electrons. The van der Waals surface area contributed by atoms with Gasteiger partial charge in [-0.05, 0) is 70.9 Å². The Kier molecular flexibility index (Phi) is 23.1. The van der Waals surface area contributed by atoms with Crippen molar-refractivity contribution in [2.45, 2.75) is 110 Å². The van der Waals surface area contributed by atoms with Gasteiger partial charge in [0.15, 0.2) is 0 Å². The predicted molar refractivity (Wildman–Crippen MR) is 235 cm³/mol. The average Bonchev–Trinajstić information content (AvgIpc) is 3.26. The molecule has 2 aliphatic heterocycles.